The molecule has 132 valence electrons. The number of anilines is 1. The second-order valence-electron chi connectivity index (χ2n) is 6.94. The maximum Gasteiger partial charge on any atom is 0.274 e. The minimum Gasteiger partial charge on any atom is -0.390 e. The van der Waals surface area contributed by atoms with E-state index in [0.717, 1.165) is 12.0 Å². The molecule has 0 unspecified atom stereocenters. The zero-order chi connectivity index (χ0) is 18.0. The van der Waals surface area contributed by atoms with Gasteiger partial charge in [0.25, 0.3) is 5.91 Å². The Bertz CT molecular complexity index is 735. The molecule has 0 radical (unpaired) electrons. The van der Waals surface area contributed by atoms with E-state index in [2.05, 4.69) is 15.3 Å². The van der Waals surface area contributed by atoms with Crippen molar-refractivity contribution < 1.29 is 15.0 Å². The highest BCUT2D eigenvalue weighted by molar-refractivity contribution is 6.03. The molecule has 0 bridgehead atoms. The second-order valence-corrected chi connectivity index (χ2v) is 6.94. The Kier molecular flexibility index (Phi) is 4.83. The number of aliphatic hydroxyl groups is 2. The van der Waals surface area contributed by atoms with Crippen LogP contribution in [-0.4, -0.2) is 37.8 Å². The molecular weight excluding hydrogens is 318 g/mol. The topological polar surface area (TPSA) is 95.3 Å². The molecule has 0 aliphatic heterocycles. The lowest BCUT2D eigenvalue weighted by atomic mass is 9.69. The lowest BCUT2D eigenvalue weighted by molar-refractivity contribution is -0.123. The van der Waals surface area contributed by atoms with Gasteiger partial charge in [-0.2, -0.15) is 0 Å². The number of nitrogens with zero attached hydrogens (tertiary/aromatic N) is 2. The largest absolute Gasteiger partial charge is 0.390 e. The first-order chi connectivity index (χ1) is 11.9. The molecule has 2 heterocycles. The Hall–Kier alpha value is -2.31. The van der Waals surface area contributed by atoms with Crippen molar-refractivity contribution in [1.29, 1.82) is 0 Å². The fourth-order valence-corrected chi connectivity index (χ4v) is 3.40. The number of aliphatic hydroxyl groups excluding tert-OH is 1. The molecule has 6 nitrogen and oxygen atoms in total. The molecule has 6 heteroatoms. The summed E-state index contributed by atoms with van der Waals surface area (Å²) < 4.78 is 0. The highest BCUT2D eigenvalue weighted by Crippen LogP contribution is 2.43. The van der Waals surface area contributed by atoms with Crippen LogP contribution in [0.5, 0.6) is 0 Å². The maximum atomic E-state index is 12.4. The van der Waals surface area contributed by atoms with E-state index in [0.29, 0.717) is 17.8 Å². The van der Waals surface area contributed by atoms with Crippen molar-refractivity contribution in [2.45, 2.75) is 44.3 Å². The number of hydrogen-bond donors (Lipinski definition) is 3. The number of amides is 1. The molecule has 2 aromatic heterocycles. The third-order valence-electron chi connectivity index (χ3n) is 5.26. The first-order valence-corrected chi connectivity index (χ1v) is 8.46. The average molecular weight is 341 g/mol. The third kappa shape index (κ3) is 3.55. The summed E-state index contributed by atoms with van der Waals surface area (Å²) in [5, 5.41) is 23.6. The van der Waals surface area contributed by atoms with Gasteiger partial charge >= 0.3 is 0 Å². The van der Waals surface area contributed by atoms with E-state index >= 15 is 0 Å². The summed E-state index contributed by atoms with van der Waals surface area (Å²) in [7, 11) is 0. The maximum absolute atomic E-state index is 12.4. The molecule has 0 saturated heterocycles. The van der Waals surface area contributed by atoms with Crippen molar-refractivity contribution in [3.05, 3.63) is 54.1 Å². The highest BCUT2D eigenvalue weighted by Gasteiger charge is 2.43. The Labute approximate surface area is 147 Å². The highest BCUT2D eigenvalue weighted by atomic mass is 16.3. The number of carbonyl (C=O) groups excluding carboxylic acids is 1. The molecular formula is C19H23N3O3. The van der Waals surface area contributed by atoms with Gasteiger partial charge in [0.1, 0.15) is 5.69 Å². The predicted octanol–water partition coefficient (Wildman–Crippen LogP) is 2.35. The summed E-state index contributed by atoms with van der Waals surface area (Å²) in [6.45, 7) is 3.61. The van der Waals surface area contributed by atoms with E-state index in [1.165, 1.54) is 0 Å². The Morgan fingerprint density at radius 2 is 2.08 bits per heavy atom. The summed E-state index contributed by atoms with van der Waals surface area (Å²) in [5.41, 5.74) is 0.767. The molecule has 0 aromatic carbocycles. The number of hydrogen-bond acceptors (Lipinski definition) is 5. The first kappa shape index (κ1) is 17.5. The average Bonchev–Trinajstić information content (AvgIpc) is 2.61. The van der Waals surface area contributed by atoms with Gasteiger partial charge in [-0.15, -0.1) is 0 Å². The second kappa shape index (κ2) is 6.90. The van der Waals surface area contributed by atoms with Gasteiger partial charge in [-0.25, -0.2) is 0 Å². The fraction of sp³-hybridized carbons (Fsp3) is 0.421. The molecule has 0 spiro atoms. The zero-order valence-electron chi connectivity index (χ0n) is 14.4. The standard InChI is InChI=1S/C19H23N3O3/c1-12-9-13(10-17(23)19(12,2)25)14-6-8-20-11-16(14)22-18(24)15-5-3-4-7-21-15/h3-8,11-13,17,23,25H,9-10H2,1-2H3,(H,22,24)/t12-,13+,17+,19+/m0/s1. The van der Waals surface area contributed by atoms with Crippen LogP contribution >= 0.6 is 0 Å². The van der Waals surface area contributed by atoms with E-state index in [1.54, 1.807) is 43.7 Å². The van der Waals surface area contributed by atoms with E-state index in [9.17, 15) is 15.0 Å². The van der Waals surface area contributed by atoms with Crippen molar-refractivity contribution >= 4 is 11.6 Å². The van der Waals surface area contributed by atoms with Crippen LogP contribution in [0, 0.1) is 5.92 Å². The minimum absolute atomic E-state index is 0.0345. The van der Waals surface area contributed by atoms with Gasteiger partial charge in [0.15, 0.2) is 0 Å². The van der Waals surface area contributed by atoms with Gasteiger partial charge in [0, 0.05) is 12.4 Å². The van der Waals surface area contributed by atoms with Gasteiger partial charge in [-0.3, -0.25) is 14.8 Å². The van der Waals surface area contributed by atoms with E-state index < -0.39 is 11.7 Å². The Balaban J connectivity index is 1.83. The van der Waals surface area contributed by atoms with E-state index in [-0.39, 0.29) is 17.7 Å². The molecule has 2 aromatic rings. The van der Waals surface area contributed by atoms with E-state index in [1.807, 2.05) is 13.0 Å². The van der Waals surface area contributed by atoms with Crippen LogP contribution in [0.3, 0.4) is 0 Å². The van der Waals surface area contributed by atoms with Gasteiger partial charge in [-0.1, -0.05) is 13.0 Å². The molecule has 4 atom stereocenters. The Morgan fingerprint density at radius 1 is 1.28 bits per heavy atom. The van der Waals surface area contributed by atoms with Crippen LogP contribution in [0.1, 0.15) is 48.7 Å². The number of pyridine rings is 2. The molecule has 1 aliphatic carbocycles. The minimum atomic E-state index is -1.10. The molecule has 3 N–H and O–H groups in total. The molecule has 25 heavy (non-hydrogen) atoms. The van der Waals surface area contributed by atoms with Gasteiger partial charge < -0.3 is 15.5 Å². The summed E-state index contributed by atoms with van der Waals surface area (Å²) >= 11 is 0. The SMILES string of the molecule is C[C@H]1C[C@@H](c2ccncc2NC(=O)c2ccccn2)C[C@@H](O)[C@]1(C)O. The van der Waals surface area contributed by atoms with E-state index in [4.69, 9.17) is 0 Å². The molecule has 1 fully saturated rings. The summed E-state index contributed by atoms with van der Waals surface area (Å²) in [6.07, 6.45) is 5.21. The smallest absolute Gasteiger partial charge is 0.274 e. The van der Waals surface area contributed by atoms with Crippen LogP contribution in [0.2, 0.25) is 0 Å². The number of rotatable bonds is 3. The molecule has 3 rings (SSSR count). The quantitative estimate of drug-likeness (QED) is 0.796. The summed E-state index contributed by atoms with van der Waals surface area (Å²) in [4.78, 5) is 20.6. The van der Waals surface area contributed by atoms with Crippen LogP contribution < -0.4 is 5.32 Å². The van der Waals surface area contributed by atoms with Crippen LogP contribution in [0.15, 0.2) is 42.9 Å². The van der Waals surface area contributed by atoms with Crippen LogP contribution in [0.25, 0.3) is 0 Å². The van der Waals surface area contributed by atoms with Crippen molar-refractivity contribution in [2.75, 3.05) is 5.32 Å². The van der Waals surface area contributed by atoms with Crippen molar-refractivity contribution in [1.82, 2.24) is 9.97 Å². The number of nitrogens with one attached hydrogen (secondary N) is 1. The molecule has 1 amide bonds. The molecule has 1 saturated carbocycles. The van der Waals surface area contributed by atoms with Gasteiger partial charge in [0.2, 0.25) is 0 Å². The summed E-state index contributed by atoms with van der Waals surface area (Å²) in [5.74, 6) is -0.327. The monoisotopic (exact) mass is 341 g/mol. The number of carbonyl (C=O) groups is 1. The van der Waals surface area contributed by atoms with Crippen LogP contribution in [0.4, 0.5) is 5.69 Å². The predicted molar refractivity (Wildman–Crippen MR) is 94.2 cm³/mol. The number of aromatic nitrogens is 2. The van der Waals surface area contributed by atoms with Crippen molar-refractivity contribution in [3.8, 4) is 0 Å². The first-order valence-electron chi connectivity index (χ1n) is 8.46. The molecule has 1 aliphatic rings. The van der Waals surface area contributed by atoms with Crippen molar-refractivity contribution in [3.63, 3.8) is 0 Å². The normalized spacial score (nSPS) is 29.2. The van der Waals surface area contributed by atoms with Crippen molar-refractivity contribution in [2.24, 2.45) is 5.92 Å². The fourth-order valence-electron chi connectivity index (χ4n) is 3.40. The Morgan fingerprint density at radius 3 is 2.76 bits per heavy atom. The lowest BCUT2D eigenvalue weighted by Gasteiger charge is -2.43. The lowest BCUT2D eigenvalue weighted by Crippen LogP contribution is -2.49. The van der Waals surface area contributed by atoms with Gasteiger partial charge in [0.05, 0.1) is 23.6 Å². The third-order valence-corrected chi connectivity index (χ3v) is 5.26. The summed E-state index contributed by atoms with van der Waals surface area (Å²) in [6, 6.07) is 7.02. The van der Waals surface area contributed by atoms with Crippen LogP contribution in [-0.2, 0) is 0 Å². The zero-order valence-corrected chi connectivity index (χ0v) is 14.4. The van der Waals surface area contributed by atoms with Gasteiger partial charge in [-0.05, 0) is 55.4 Å².